The monoisotopic (exact) mass is 424 g/mol. The molecule has 0 spiro atoms. The molecular formula is C24H28N2O5. The summed E-state index contributed by atoms with van der Waals surface area (Å²) in [6, 6.07) is 13.0. The number of hydrogen-bond donors (Lipinski definition) is 1. The number of rotatable bonds is 6. The highest BCUT2D eigenvalue weighted by Crippen LogP contribution is 2.33. The Morgan fingerprint density at radius 2 is 1.97 bits per heavy atom. The lowest BCUT2D eigenvalue weighted by Crippen LogP contribution is -2.47. The summed E-state index contributed by atoms with van der Waals surface area (Å²) in [4.78, 5) is 15.2. The Morgan fingerprint density at radius 1 is 1.13 bits per heavy atom. The van der Waals surface area contributed by atoms with E-state index in [4.69, 9.17) is 18.9 Å². The molecule has 0 radical (unpaired) electrons. The zero-order valence-corrected chi connectivity index (χ0v) is 17.7. The molecule has 2 aromatic carbocycles. The Kier molecular flexibility index (Phi) is 5.59. The zero-order chi connectivity index (χ0) is 21.2. The van der Waals surface area contributed by atoms with E-state index in [0.717, 1.165) is 36.9 Å². The summed E-state index contributed by atoms with van der Waals surface area (Å²) < 4.78 is 22.8. The van der Waals surface area contributed by atoms with Gasteiger partial charge in [0, 0.05) is 24.7 Å². The minimum absolute atomic E-state index is 0.0520. The van der Waals surface area contributed by atoms with Gasteiger partial charge in [0.15, 0.2) is 17.6 Å². The van der Waals surface area contributed by atoms with Gasteiger partial charge < -0.3 is 29.2 Å². The Labute approximate surface area is 182 Å². The predicted octanol–water partition coefficient (Wildman–Crippen LogP) is 2.74. The molecule has 2 aromatic rings. The lowest BCUT2D eigenvalue weighted by molar-refractivity contribution is 0.0534. The van der Waals surface area contributed by atoms with Crippen molar-refractivity contribution in [3.8, 4) is 23.0 Å². The maximum absolute atomic E-state index is 12.7. The molecule has 5 rings (SSSR count). The predicted molar refractivity (Wildman–Crippen MR) is 115 cm³/mol. The van der Waals surface area contributed by atoms with Crippen LogP contribution < -0.4 is 24.3 Å². The number of methoxy groups -OCH3 is 1. The molecule has 31 heavy (non-hydrogen) atoms. The Bertz CT molecular complexity index is 920. The van der Waals surface area contributed by atoms with E-state index in [-0.39, 0.29) is 18.1 Å². The number of benzene rings is 2. The van der Waals surface area contributed by atoms with Crippen LogP contribution in [-0.4, -0.2) is 62.9 Å². The maximum Gasteiger partial charge on any atom is 0.251 e. The first-order valence-corrected chi connectivity index (χ1v) is 10.9. The lowest BCUT2D eigenvalue weighted by atomic mass is 9.96. The van der Waals surface area contributed by atoms with Gasteiger partial charge in [-0.15, -0.1) is 0 Å². The van der Waals surface area contributed by atoms with Crippen LogP contribution in [0.2, 0.25) is 0 Å². The molecule has 0 saturated carbocycles. The maximum atomic E-state index is 12.7. The fourth-order valence-corrected chi connectivity index (χ4v) is 4.63. The number of carbonyl (C=O) groups excluding carboxylic acids is 1. The lowest BCUT2D eigenvalue weighted by Gasteiger charge is -2.30. The molecule has 0 aromatic heterocycles. The molecule has 1 N–H and O–H groups in total. The van der Waals surface area contributed by atoms with Crippen LogP contribution in [0.1, 0.15) is 23.2 Å². The van der Waals surface area contributed by atoms with Crippen LogP contribution in [0.15, 0.2) is 42.5 Å². The highest BCUT2D eigenvalue weighted by atomic mass is 16.6. The van der Waals surface area contributed by atoms with Crippen LogP contribution in [0.4, 0.5) is 0 Å². The van der Waals surface area contributed by atoms with Gasteiger partial charge in [0.25, 0.3) is 5.91 Å². The quantitative estimate of drug-likeness (QED) is 0.769. The van der Waals surface area contributed by atoms with E-state index < -0.39 is 0 Å². The minimum Gasteiger partial charge on any atom is -0.497 e. The fraction of sp³-hybridized carbons (Fsp3) is 0.458. The average Bonchev–Trinajstić information content (AvgIpc) is 3.15. The zero-order valence-electron chi connectivity index (χ0n) is 17.7. The van der Waals surface area contributed by atoms with Crippen molar-refractivity contribution in [1.82, 2.24) is 10.2 Å². The van der Waals surface area contributed by atoms with Gasteiger partial charge in [-0.05, 0) is 67.8 Å². The Hall–Kier alpha value is -2.93. The third-order valence-corrected chi connectivity index (χ3v) is 6.22. The molecule has 3 aliphatic heterocycles. The largest absolute Gasteiger partial charge is 0.497 e. The summed E-state index contributed by atoms with van der Waals surface area (Å²) in [6.07, 6.45) is 2.10. The highest BCUT2D eigenvalue weighted by molar-refractivity contribution is 5.95. The summed E-state index contributed by atoms with van der Waals surface area (Å²) in [6.45, 7) is 4.02. The first-order valence-electron chi connectivity index (χ1n) is 10.9. The first kappa shape index (κ1) is 20.0. The second-order valence-electron chi connectivity index (χ2n) is 8.52. The molecule has 1 amide bonds. The van der Waals surface area contributed by atoms with Gasteiger partial charge in [-0.1, -0.05) is 0 Å². The number of nitrogens with one attached hydrogen (secondary N) is 1. The smallest absolute Gasteiger partial charge is 0.251 e. The average molecular weight is 424 g/mol. The van der Waals surface area contributed by atoms with Crippen LogP contribution in [-0.2, 0) is 0 Å². The van der Waals surface area contributed by atoms with Crippen molar-refractivity contribution in [2.45, 2.75) is 25.0 Å². The van der Waals surface area contributed by atoms with Crippen molar-refractivity contribution in [2.24, 2.45) is 5.92 Å². The number of hydrogen-bond acceptors (Lipinski definition) is 6. The topological polar surface area (TPSA) is 69.3 Å². The molecule has 0 aliphatic carbocycles. The Morgan fingerprint density at radius 3 is 2.77 bits per heavy atom. The molecular weight excluding hydrogens is 396 g/mol. The van der Waals surface area contributed by atoms with E-state index in [2.05, 4.69) is 10.2 Å². The standard InChI is InChI=1S/C24H28N2O5/c1-28-19-3-5-20(6-4-19)29-14-21-15-30-23-11-17(2-7-22(23)31-21)24(27)25-18-10-16-8-9-26(12-16)13-18/h2-7,11,16,18,21H,8-10,12-15H2,1H3,(H,25,27)/t16-,18-,21+/m1/s1. The van der Waals surface area contributed by atoms with Crippen LogP contribution in [0, 0.1) is 5.92 Å². The molecule has 164 valence electrons. The summed E-state index contributed by atoms with van der Waals surface area (Å²) >= 11 is 0. The first-order chi connectivity index (χ1) is 15.2. The number of piperidine rings is 1. The van der Waals surface area contributed by atoms with Crippen LogP contribution in [0.25, 0.3) is 0 Å². The molecule has 7 nitrogen and oxygen atoms in total. The van der Waals surface area contributed by atoms with Crippen LogP contribution in [0.3, 0.4) is 0 Å². The second-order valence-corrected chi connectivity index (χ2v) is 8.52. The molecule has 4 atom stereocenters. The molecule has 3 aliphatic rings. The molecule has 2 saturated heterocycles. The number of carbonyl (C=O) groups is 1. The van der Waals surface area contributed by atoms with Crippen LogP contribution in [0.5, 0.6) is 23.0 Å². The minimum atomic E-state index is -0.221. The van der Waals surface area contributed by atoms with Gasteiger partial charge in [0.1, 0.15) is 24.7 Å². The van der Waals surface area contributed by atoms with Gasteiger partial charge in [0.2, 0.25) is 0 Å². The SMILES string of the molecule is COc1ccc(OC[C@H]2COc3cc(C(=O)N[C@@H]4C[C@H]5CCN(C5)C4)ccc3O2)cc1. The van der Waals surface area contributed by atoms with E-state index >= 15 is 0 Å². The van der Waals surface area contributed by atoms with Gasteiger partial charge >= 0.3 is 0 Å². The van der Waals surface area contributed by atoms with E-state index in [9.17, 15) is 4.79 Å². The summed E-state index contributed by atoms with van der Waals surface area (Å²) in [5, 5.41) is 3.19. The van der Waals surface area contributed by atoms with Crippen molar-refractivity contribution in [3.63, 3.8) is 0 Å². The van der Waals surface area contributed by atoms with E-state index in [1.54, 1.807) is 25.3 Å². The molecule has 7 heteroatoms. The third-order valence-electron chi connectivity index (χ3n) is 6.22. The van der Waals surface area contributed by atoms with E-state index in [1.165, 1.54) is 13.0 Å². The second kappa shape index (κ2) is 8.67. The normalized spacial score (nSPS) is 26.2. The van der Waals surface area contributed by atoms with Crippen molar-refractivity contribution >= 4 is 5.91 Å². The Balaban J connectivity index is 1.15. The number of amides is 1. The van der Waals surface area contributed by atoms with Gasteiger partial charge in [-0.3, -0.25) is 4.79 Å². The highest BCUT2D eigenvalue weighted by Gasteiger charge is 2.33. The van der Waals surface area contributed by atoms with Crippen molar-refractivity contribution in [3.05, 3.63) is 48.0 Å². The van der Waals surface area contributed by atoms with Crippen molar-refractivity contribution in [2.75, 3.05) is 40.0 Å². The molecule has 1 unspecified atom stereocenters. The van der Waals surface area contributed by atoms with Gasteiger partial charge in [0.05, 0.1) is 7.11 Å². The summed E-state index contributed by atoms with van der Waals surface area (Å²) in [5.74, 6) is 3.43. The fourth-order valence-electron chi connectivity index (χ4n) is 4.63. The summed E-state index contributed by atoms with van der Waals surface area (Å²) in [5.41, 5.74) is 0.600. The van der Waals surface area contributed by atoms with E-state index in [1.807, 2.05) is 24.3 Å². The summed E-state index contributed by atoms with van der Waals surface area (Å²) in [7, 11) is 1.63. The number of fused-ring (bicyclic) bond motifs is 3. The van der Waals surface area contributed by atoms with Gasteiger partial charge in [-0.25, -0.2) is 0 Å². The van der Waals surface area contributed by atoms with Gasteiger partial charge in [-0.2, -0.15) is 0 Å². The molecule has 2 bridgehead atoms. The van der Waals surface area contributed by atoms with Crippen LogP contribution >= 0.6 is 0 Å². The number of nitrogens with zero attached hydrogens (tertiary/aromatic N) is 1. The van der Waals surface area contributed by atoms with Crippen molar-refractivity contribution < 1.29 is 23.7 Å². The third kappa shape index (κ3) is 4.56. The molecule has 3 heterocycles. The number of ether oxygens (including phenoxy) is 4. The molecule has 2 fully saturated rings. The van der Waals surface area contributed by atoms with Crippen molar-refractivity contribution in [1.29, 1.82) is 0 Å². The van der Waals surface area contributed by atoms with E-state index in [0.29, 0.717) is 30.3 Å².